The Balaban J connectivity index is 2.62. The lowest BCUT2D eigenvalue weighted by molar-refractivity contribution is -0.146. The van der Waals surface area contributed by atoms with E-state index < -0.39 is 11.9 Å². The summed E-state index contributed by atoms with van der Waals surface area (Å²) in [6, 6.07) is 0. The number of aldehydes is 1. The maximum absolute atomic E-state index is 11.3. The lowest BCUT2D eigenvalue weighted by atomic mass is 10.1. The van der Waals surface area contributed by atoms with Gasteiger partial charge < -0.3 is 19.2 Å². The predicted molar refractivity (Wildman–Crippen MR) is 53.1 cm³/mol. The molecule has 0 radical (unpaired) electrons. The molecule has 0 aromatic rings. The molecule has 1 saturated heterocycles. The second kappa shape index (κ2) is 5.50. The van der Waals surface area contributed by atoms with Gasteiger partial charge in [-0.3, -0.25) is 4.79 Å². The summed E-state index contributed by atoms with van der Waals surface area (Å²) in [5, 5.41) is 0. The highest BCUT2D eigenvalue weighted by molar-refractivity contribution is 5.90. The Hall–Kier alpha value is -1.36. The Morgan fingerprint density at radius 2 is 2.13 bits per heavy atom. The molecule has 5 nitrogen and oxygen atoms in total. The standard InChI is InChI=1S/C10H15NO4/c1-8(9(7-12)10(13)14-2)11-3-5-15-6-4-11/h7,9H,1,3-6H2,2H3. The zero-order valence-electron chi connectivity index (χ0n) is 8.77. The molecule has 1 rings (SSSR count). The molecule has 0 N–H and O–H groups in total. The first-order valence-corrected chi connectivity index (χ1v) is 4.75. The number of nitrogens with zero attached hydrogens (tertiary/aromatic N) is 1. The molecule has 1 aliphatic heterocycles. The first kappa shape index (κ1) is 11.7. The second-order valence-corrected chi connectivity index (χ2v) is 3.23. The average Bonchev–Trinajstić information content (AvgIpc) is 2.30. The van der Waals surface area contributed by atoms with Crippen molar-refractivity contribution in [3.8, 4) is 0 Å². The summed E-state index contributed by atoms with van der Waals surface area (Å²) in [6.07, 6.45) is 0.559. The van der Waals surface area contributed by atoms with Crippen molar-refractivity contribution in [3.05, 3.63) is 12.3 Å². The van der Waals surface area contributed by atoms with Crippen LogP contribution in [0.4, 0.5) is 0 Å². The van der Waals surface area contributed by atoms with E-state index in [0.717, 1.165) is 0 Å². The van der Waals surface area contributed by atoms with Crippen molar-refractivity contribution in [2.75, 3.05) is 33.4 Å². The summed E-state index contributed by atoms with van der Waals surface area (Å²) < 4.78 is 9.69. The van der Waals surface area contributed by atoms with Crippen LogP contribution < -0.4 is 0 Å². The van der Waals surface area contributed by atoms with Crippen LogP contribution in [-0.2, 0) is 19.1 Å². The number of hydrogen-bond acceptors (Lipinski definition) is 5. The molecule has 1 atom stereocenters. The Kier molecular flexibility index (Phi) is 4.30. The molecule has 1 unspecified atom stereocenters. The third kappa shape index (κ3) is 2.79. The van der Waals surface area contributed by atoms with Gasteiger partial charge in [-0.15, -0.1) is 0 Å². The smallest absolute Gasteiger partial charge is 0.321 e. The van der Waals surface area contributed by atoms with E-state index in [-0.39, 0.29) is 0 Å². The number of rotatable bonds is 4. The summed E-state index contributed by atoms with van der Waals surface area (Å²) >= 11 is 0. The maximum atomic E-state index is 11.3. The van der Waals surface area contributed by atoms with Crippen molar-refractivity contribution in [1.29, 1.82) is 0 Å². The monoisotopic (exact) mass is 213 g/mol. The van der Waals surface area contributed by atoms with Crippen LogP contribution in [0.3, 0.4) is 0 Å². The maximum Gasteiger partial charge on any atom is 0.321 e. The van der Waals surface area contributed by atoms with E-state index in [1.54, 1.807) is 0 Å². The van der Waals surface area contributed by atoms with Crippen LogP contribution >= 0.6 is 0 Å². The van der Waals surface area contributed by atoms with Crippen molar-refractivity contribution in [2.45, 2.75) is 0 Å². The number of carbonyl (C=O) groups excluding carboxylic acids is 2. The molecule has 15 heavy (non-hydrogen) atoms. The lowest BCUT2D eigenvalue weighted by Gasteiger charge is -2.31. The SMILES string of the molecule is C=C(C(C=O)C(=O)OC)N1CCOCC1. The molecular weight excluding hydrogens is 198 g/mol. The largest absolute Gasteiger partial charge is 0.468 e. The average molecular weight is 213 g/mol. The summed E-state index contributed by atoms with van der Waals surface area (Å²) in [5.41, 5.74) is 0.486. The Labute approximate surface area is 88.6 Å². The number of esters is 1. The van der Waals surface area contributed by atoms with Crippen LogP contribution in [0, 0.1) is 5.92 Å². The molecule has 5 heteroatoms. The highest BCUT2D eigenvalue weighted by Gasteiger charge is 2.26. The molecular formula is C10H15NO4. The van der Waals surface area contributed by atoms with Crippen LogP contribution in [0.5, 0.6) is 0 Å². The quantitative estimate of drug-likeness (QED) is 0.368. The minimum absolute atomic E-state index is 0.486. The van der Waals surface area contributed by atoms with Crippen LogP contribution in [-0.4, -0.2) is 50.6 Å². The molecule has 0 saturated carbocycles. The second-order valence-electron chi connectivity index (χ2n) is 3.23. The number of ether oxygens (including phenoxy) is 2. The fraction of sp³-hybridized carbons (Fsp3) is 0.600. The molecule has 1 fully saturated rings. The summed E-state index contributed by atoms with van der Waals surface area (Å²) in [5.74, 6) is -1.46. The summed E-state index contributed by atoms with van der Waals surface area (Å²) in [4.78, 5) is 23.9. The van der Waals surface area contributed by atoms with Crippen molar-refractivity contribution in [1.82, 2.24) is 4.90 Å². The van der Waals surface area contributed by atoms with Gasteiger partial charge in [0.2, 0.25) is 0 Å². The van der Waals surface area contributed by atoms with E-state index >= 15 is 0 Å². The van der Waals surface area contributed by atoms with E-state index in [4.69, 9.17) is 4.74 Å². The van der Waals surface area contributed by atoms with Crippen LogP contribution in [0.2, 0.25) is 0 Å². The van der Waals surface area contributed by atoms with Crippen molar-refractivity contribution < 1.29 is 19.1 Å². The van der Waals surface area contributed by atoms with Gasteiger partial charge in [0.15, 0.2) is 5.92 Å². The Morgan fingerprint density at radius 3 is 2.60 bits per heavy atom. The van der Waals surface area contributed by atoms with Crippen molar-refractivity contribution in [3.63, 3.8) is 0 Å². The van der Waals surface area contributed by atoms with Crippen LogP contribution in [0.25, 0.3) is 0 Å². The Bertz CT molecular complexity index is 258. The van der Waals surface area contributed by atoms with Gasteiger partial charge in [-0.05, 0) is 0 Å². The highest BCUT2D eigenvalue weighted by atomic mass is 16.5. The lowest BCUT2D eigenvalue weighted by Crippen LogP contribution is -2.39. The molecule has 0 aromatic carbocycles. The first-order valence-electron chi connectivity index (χ1n) is 4.75. The summed E-state index contributed by atoms with van der Waals surface area (Å²) in [7, 11) is 1.26. The van der Waals surface area contributed by atoms with Crippen molar-refractivity contribution in [2.24, 2.45) is 5.92 Å². The molecule has 0 aliphatic carbocycles. The van der Waals surface area contributed by atoms with E-state index in [0.29, 0.717) is 38.3 Å². The van der Waals surface area contributed by atoms with Gasteiger partial charge in [-0.25, -0.2) is 0 Å². The minimum atomic E-state index is -0.895. The molecule has 1 aliphatic rings. The van der Waals surface area contributed by atoms with Gasteiger partial charge in [0.05, 0.1) is 20.3 Å². The minimum Gasteiger partial charge on any atom is -0.468 e. The van der Waals surface area contributed by atoms with Gasteiger partial charge in [0.1, 0.15) is 6.29 Å². The Morgan fingerprint density at radius 1 is 1.53 bits per heavy atom. The topological polar surface area (TPSA) is 55.8 Å². The normalized spacial score (nSPS) is 18.1. The summed E-state index contributed by atoms with van der Waals surface area (Å²) in [6.45, 7) is 6.24. The van der Waals surface area contributed by atoms with Gasteiger partial charge in [-0.1, -0.05) is 6.58 Å². The zero-order chi connectivity index (χ0) is 11.3. The highest BCUT2D eigenvalue weighted by Crippen LogP contribution is 2.15. The molecule has 0 amide bonds. The fourth-order valence-electron chi connectivity index (χ4n) is 1.44. The predicted octanol–water partition coefficient (Wildman–Crippen LogP) is -0.180. The molecule has 0 aromatic heterocycles. The van der Waals surface area contributed by atoms with E-state index in [9.17, 15) is 9.59 Å². The van der Waals surface area contributed by atoms with E-state index in [1.165, 1.54) is 7.11 Å². The van der Waals surface area contributed by atoms with Crippen molar-refractivity contribution >= 4 is 12.3 Å². The molecule has 84 valence electrons. The van der Waals surface area contributed by atoms with Gasteiger partial charge >= 0.3 is 5.97 Å². The number of hydrogen-bond donors (Lipinski definition) is 0. The van der Waals surface area contributed by atoms with E-state index in [2.05, 4.69) is 11.3 Å². The third-order valence-electron chi connectivity index (χ3n) is 2.37. The zero-order valence-corrected chi connectivity index (χ0v) is 8.77. The van der Waals surface area contributed by atoms with Gasteiger partial charge in [-0.2, -0.15) is 0 Å². The van der Waals surface area contributed by atoms with Crippen LogP contribution in [0.1, 0.15) is 0 Å². The van der Waals surface area contributed by atoms with Crippen LogP contribution in [0.15, 0.2) is 12.3 Å². The third-order valence-corrected chi connectivity index (χ3v) is 2.37. The molecule has 1 heterocycles. The first-order chi connectivity index (χ1) is 7.20. The van der Waals surface area contributed by atoms with Gasteiger partial charge in [0, 0.05) is 18.8 Å². The number of morpholine rings is 1. The number of methoxy groups -OCH3 is 1. The number of carbonyl (C=O) groups is 2. The van der Waals surface area contributed by atoms with E-state index in [1.807, 2.05) is 4.90 Å². The molecule has 0 bridgehead atoms. The van der Waals surface area contributed by atoms with Gasteiger partial charge in [0.25, 0.3) is 0 Å². The molecule has 0 spiro atoms. The fourth-order valence-corrected chi connectivity index (χ4v) is 1.44.